The number of ether oxygens (including phenoxy) is 1. The van der Waals surface area contributed by atoms with Gasteiger partial charge in [-0.2, -0.15) is 0 Å². The number of nitrogens with one attached hydrogen (secondary N) is 2. The third-order valence-corrected chi connectivity index (χ3v) is 3.36. The van der Waals surface area contributed by atoms with Crippen molar-refractivity contribution in [3.05, 3.63) is 29.8 Å². The molecular formula is C15H22N2O2. The van der Waals surface area contributed by atoms with Gasteiger partial charge in [0.05, 0.1) is 12.5 Å². The van der Waals surface area contributed by atoms with Crippen LogP contribution in [0, 0.1) is 0 Å². The van der Waals surface area contributed by atoms with Gasteiger partial charge in [-0.1, -0.05) is 18.2 Å². The Balaban J connectivity index is 2.00. The van der Waals surface area contributed by atoms with E-state index in [-0.39, 0.29) is 17.9 Å². The summed E-state index contributed by atoms with van der Waals surface area (Å²) < 4.78 is 5.33. The second kappa shape index (κ2) is 6.57. The van der Waals surface area contributed by atoms with Crippen LogP contribution < -0.4 is 10.6 Å². The van der Waals surface area contributed by atoms with Crippen molar-refractivity contribution >= 4 is 11.6 Å². The smallest absolute Gasteiger partial charge is 0.227 e. The maximum Gasteiger partial charge on any atom is 0.227 e. The van der Waals surface area contributed by atoms with Crippen molar-refractivity contribution in [1.82, 2.24) is 5.32 Å². The molecule has 2 atom stereocenters. The topological polar surface area (TPSA) is 50.4 Å². The summed E-state index contributed by atoms with van der Waals surface area (Å²) in [5.41, 5.74) is 2.17. The van der Waals surface area contributed by atoms with Crippen LogP contribution in [-0.4, -0.2) is 31.7 Å². The SMILES string of the molecule is CCOCC(C)NC(=O)C1CCNc2ccccc21. The van der Waals surface area contributed by atoms with Crippen LogP contribution >= 0.6 is 0 Å². The van der Waals surface area contributed by atoms with E-state index >= 15 is 0 Å². The zero-order valence-electron chi connectivity index (χ0n) is 11.6. The predicted molar refractivity (Wildman–Crippen MR) is 76.4 cm³/mol. The summed E-state index contributed by atoms with van der Waals surface area (Å²) in [7, 11) is 0. The Morgan fingerprint density at radius 3 is 3.11 bits per heavy atom. The maximum atomic E-state index is 12.3. The van der Waals surface area contributed by atoms with Crippen molar-refractivity contribution in [2.75, 3.05) is 25.1 Å². The molecule has 0 saturated heterocycles. The van der Waals surface area contributed by atoms with Gasteiger partial charge in [-0.05, 0) is 31.9 Å². The number of hydrogen-bond acceptors (Lipinski definition) is 3. The van der Waals surface area contributed by atoms with Crippen molar-refractivity contribution in [2.24, 2.45) is 0 Å². The molecule has 4 heteroatoms. The van der Waals surface area contributed by atoms with E-state index in [9.17, 15) is 4.79 Å². The van der Waals surface area contributed by atoms with Crippen LogP contribution in [0.3, 0.4) is 0 Å². The highest BCUT2D eigenvalue weighted by molar-refractivity contribution is 5.86. The van der Waals surface area contributed by atoms with Gasteiger partial charge in [-0.25, -0.2) is 0 Å². The molecule has 0 fully saturated rings. The van der Waals surface area contributed by atoms with Crippen LogP contribution in [0.25, 0.3) is 0 Å². The van der Waals surface area contributed by atoms with Crippen LogP contribution in [0.4, 0.5) is 5.69 Å². The van der Waals surface area contributed by atoms with Gasteiger partial charge >= 0.3 is 0 Å². The molecule has 0 radical (unpaired) electrons. The number of amides is 1. The molecule has 0 saturated carbocycles. The molecule has 1 aromatic rings. The predicted octanol–water partition coefficient (Wildman–Crippen LogP) is 2.13. The summed E-state index contributed by atoms with van der Waals surface area (Å²) in [5.74, 6) is 0.0441. The van der Waals surface area contributed by atoms with Crippen molar-refractivity contribution in [1.29, 1.82) is 0 Å². The summed E-state index contributed by atoms with van der Waals surface area (Å²) in [6.45, 7) is 6.01. The molecule has 1 aliphatic heterocycles. The highest BCUT2D eigenvalue weighted by Gasteiger charge is 2.26. The zero-order valence-corrected chi connectivity index (χ0v) is 11.6. The van der Waals surface area contributed by atoms with E-state index in [0.29, 0.717) is 13.2 Å². The average Bonchev–Trinajstić information content (AvgIpc) is 2.44. The van der Waals surface area contributed by atoms with E-state index in [0.717, 1.165) is 24.2 Å². The summed E-state index contributed by atoms with van der Waals surface area (Å²) in [4.78, 5) is 12.3. The van der Waals surface area contributed by atoms with E-state index in [1.165, 1.54) is 0 Å². The standard InChI is InChI=1S/C15H22N2O2/c1-3-19-10-11(2)17-15(18)13-8-9-16-14-7-5-4-6-12(13)14/h4-7,11,13,16H,3,8-10H2,1-2H3,(H,17,18). The van der Waals surface area contributed by atoms with Gasteiger partial charge in [-0.15, -0.1) is 0 Å². The lowest BCUT2D eigenvalue weighted by molar-refractivity contribution is -0.123. The van der Waals surface area contributed by atoms with Crippen molar-refractivity contribution in [3.63, 3.8) is 0 Å². The van der Waals surface area contributed by atoms with Gasteiger partial charge < -0.3 is 15.4 Å². The van der Waals surface area contributed by atoms with E-state index < -0.39 is 0 Å². The Hall–Kier alpha value is -1.55. The first-order valence-electron chi connectivity index (χ1n) is 6.93. The van der Waals surface area contributed by atoms with Crippen molar-refractivity contribution in [2.45, 2.75) is 32.2 Å². The van der Waals surface area contributed by atoms with Crippen molar-refractivity contribution in [3.8, 4) is 0 Å². The Morgan fingerprint density at radius 1 is 1.53 bits per heavy atom. The van der Waals surface area contributed by atoms with Gasteiger partial charge in [-0.3, -0.25) is 4.79 Å². The Kier molecular flexibility index (Phi) is 4.80. The first-order valence-corrected chi connectivity index (χ1v) is 6.93. The van der Waals surface area contributed by atoms with Gasteiger partial charge in [0.1, 0.15) is 0 Å². The molecular weight excluding hydrogens is 240 g/mol. The number of para-hydroxylation sites is 1. The third-order valence-electron chi connectivity index (χ3n) is 3.36. The van der Waals surface area contributed by atoms with E-state index in [1.54, 1.807) is 0 Å². The largest absolute Gasteiger partial charge is 0.385 e. The minimum Gasteiger partial charge on any atom is -0.385 e. The number of benzene rings is 1. The van der Waals surface area contributed by atoms with E-state index in [1.807, 2.05) is 38.1 Å². The van der Waals surface area contributed by atoms with Crippen LogP contribution in [0.1, 0.15) is 31.7 Å². The third kappa shape index (κ3) is 3.47. The summed E-state index contributed by atoms with van der Waals surface area (Å²) in [5, 5.41) is 6.36. The monoisotopic (exact) mass is 262 g/mol. The van der Waals surface area contributed by atoms with Crippen LogP contribution in [0.15, 0.2) is 24.3 Å². The maximum absolute atomic E-state index is 12.3. The van der Waals surface area contributed by atoms with Crippen molar-refractivity contribution < 1.29 is 9.53 Å². The molecule has 2 rings (SSSR count). The zero-order chi connectivity index (χ0) is 13.7. The van der Waals surface area contributed by atoms with Gasteiger partial charge in [0, 0.05) is 24.9 Å². The van der Waals surface area contributed by atoms with Crippen LogP contribution in [0.2, 0.25) is 0 Å². The molecule has 104 valence electrons. The molecule has 0 aliphatic carbocycles. The minimum absolute atomic E-state index is 0.0505. The fraction of sp³-hybridized carbons (Fsp3) is 0.533. The molecule has 4 nitrogen and oxygen atoms in total. The Bertz CT molecular complexity index is 434. The lowest BCUT2D eigenvalue weighted by atomic mass is 9.90. The molecule has 0 bridgehead atoms. The lowest BCUT2D eigenvalue weighted by Gasteiger charge is -2.27. The molecule has 1 aromatic carbocycles. The van der Waals surface area contributed by atoms with E-state index in [2.05, 4.69) is 10.6 Å². The van der Waals surface area contributed by atoms with Gasteiger partial charge in [0.2, 0.25) is 5.91 Å². The molecule has 2 N–H and O–H groups in total. The van der Waals surface area contributed by atoms with Gasteiger partial charge in [0.15, 0.2) is 0 Å². The molecule has 1 aliphatic rings. The fourth-order valence-electron chi connectivity index (χ4n) is 2.42. The van der Waals surface area contributed by atoms with Gasteiger partial charge in [0.25, 0.3) is 0 Å². The molecule has 1 heterocycles. The molecule has 0 aromatic heterocycles. The summed E-state index contributed by atoms with van der Waals surface area (Å²) >= 11 is 0. The number of carbonyl (C=O) groups is 1. The van der Waals surface area contributed by atoms with E-state index in [4.69, 9.17) is 4.74 Å². The average molecular weight is 262 g/mol. The first kappa shape index (κ1) is 13.9. The first-order chi connectivity index (χ1) is 9.22. The second-order valence-electron chi connectivity index (χ2n) is 4.92. The number of carbonyl (C=O) groups excluding carboxylic acids is 1. The minimum atomic E-state index is -0.0541. The second-order valence-corrected chi connectivity index (χ2v) is 4.92. The van der Waals surface area contributed by atoms with Crippen LogP contribution in [-0.2, 0) is 9.53 Å². The number of fused-ring (bicyclic) bond motifs is 1. The number of rotatable bonds is 5. The highest BCUT2D eigenvalue weighted by atomic mass is 16.5. The number of anilines is 1. The Labute approximate surface area is 114 Å². The summed E-state index contributed by atoms with van der Waals surface area (Å²) in [6.07, 6.45) is 0.838. The quantitative estimate of drug-likeness (QED) is 0.854. The molecule has 19 heavy (non-hydrogen) atoms. The lowest BCUT2D eigenvalue weighted by Crippen LogP contribution is -2.40. The Morgan fingerprint density at radius 2 is 2.32 bits per heavy atom. The molecule has 0 spiro atoms. The van der Waals surface area contributed by atoms with Crippen LogP contribution in [0.5, 0.6) is 0 Å². The molecule has 1 amide bonds. The molecule has 2 unspecified atom stereocenters. The number of hydrogen-bond donors (Lipinski definition) is 2. The fourth-order valence-corrected chi connectivity index (χ4v) is 2.42. The normalized spacial score (nSPS) is 19.2. The summed E-state index contributed by atoms with van der Waals surface area (Å²) in [6, 6.07) is 8.08. The highest BCUT2D eigenvalue weighted by Crippen LogP contribution is 2.31.